The molecule has 0 radical (unpaired) electrons. The minimum Gasteiger partial charge on any atom is -0.381 e. The van der Waals surface area contributed by atoms with Crippen LogP contribution in [0.4, 0.5) is 5.13 Å². The Morgan fingerprint density at radius 1 is 1.53 bits per heavy atom. The maximum absolute atomic E-state index is 5.62. The number of hydrogen-bond acceptors (Lipinski definition) is 5. The van der Waals surface area contributed by atoms with Crippen LogP contribution in [0.3, 0.4) is 0 Å². The molecule has 1 aromatic rings. The standard InChI is InChI=1S/C12H21N3OS/c1-15(9-11-8-14-12(13)17-11)5-2-10-3-6-16-7-4-10/h8,10H,2-7,9H2,1H3,(H2,13,14). The number of thiazole rings is 1. The van der Waals surface area contributed by atoms with E-state index in [1.807, 2.05) is 6.20 Å². The van der Waals surface area contributed by atoms with Crippen LogP contribution in [0.1, 0.15) is 24.1 Å². The van der Waals surface area contributed by atoms with E-state index in [4.69, 9.17) is 10.5 Å². The van der Waals surface area contributed by atoms with Crippen molar-refractivity contribution in [1.29, 1.82) is 0 Å². The molecule has 1 saturated heterocycles. The third-order valence-electron chi connectivity index (χ3n) is 3.26. The van der Waals surface area contributed by atoms with Crippen molar-refractivity contribution in [2.24, 2.45) is 5.92 Å². The Kier molecular flexibility index (Phi) is 4.76. The van der Waals surface area contributed by atoms with E-state index in [2.05, 4.69) is 16.9 Å². The highest BCUT2D eigenvalue weighted by Gasteiger charge is 2.14. The van der Waals surface area contributed by atoms with Crippen molar-refractivity contribution in [3.8, 4) is 0 Å². The van der Waals surface area contributed by atoms with Gasteiger partial charge in [-0.1, -0.05) is 0 Å². The summed E-state index contributed by atoms with van der Waals surface area (Å²) in [6, 6.07) is 0. The molecule has 0 unspecified atom stereocenters. The molecule has 96 valence electrons. The monoisotopic (exact) mass is 255 g/mol. The maximum atomic E-state index is 5.62. The lowest BCUT2D eigenvalue weighted by Gasteiger charge is -2.24. The third kappa shape index (κ3) is 4.26. The number of rotatable bonds is 5. The third-order valence-corrected chi connectivity index (χ3v) is 4.07. The minimum absolute atomic E-state index is 0.665. The highest BCUT2D eigenvalue weighted by molar-refractivity contribution is 7.15. The van der Waals surface area contributed by atoms with Gasteiger partial charge in [-0.15, -0.1) is 11.3 Å². The lowest BCUT2D eigenvalue weighted by Crippen LogP contribution is -2.23. The first-order valence-electron chi connectivity index (χ1n) is 6.20. The van der Waals surface area contributed by atoms with Gasteiger partial charge in [-0.05, 0) is 38.8 Å². The van der Waals surface area contributed by atoms with E-state index in [0.717, 1.165) is 32.2 Å². The normalized spacial score (nSPS) is 17.8. The van der Waals surface area contributed by atoms with Crippen LogP contribution < -0.4 is 5.73 Å². The van der Waals surface area contributed by atoms with Gasteiger partial charge in [0.25, 0.3) is 0 Å². The van der Waals surface area contributed by atoms with E-state index in [9.17, 15) is 0 Å². The molecule has 5 heteroatoms. The van der Waals surface area contributed by atoms with Gasteiger partial charge in [0.15, 0.2) is 5.13 Å². The van der Waals surface area contributed by atoms with Crippen LogP contribution in [-0.2, 0) is 11.3 Å². The zero-order valence-electron chi connectivity index (χ0n) is 10.4. The molecule has 2 N–H and O–H groups in total. The smallest absolute Gasteiger partial charge is 0.180 e. The van der Waals surface area contributed by atoms with Gasteiger partial charge in [-0.25, -0.2) is 4.98 Å². The van der Waals surface area contributed by atoms with Gasteiger partial charge in [0.1, 0.15) is 0 Å². The maximum Gasteiger partial charge on any atom is 0.180 e. The SMILES string of the molecule is CN(CCC1CCOCC1)Cc1cnc(N)s1. The fraction of sp³-hybridized carbons (Fsp3) is 0.750. The number of nitrogens with two attached hydrogens (primary N) is 1. The van der Waals surface area contributed by atoms with Crippen molar-refractivity contribution < 1.29 is 4.74 Å². The molecule has 2 rings (SSSR count). The molecule has 4 nitrogen and oxygen atoms in total. The molecule has 1 aliphatic rings. The molecule has 0 aromatic carbocycles. The van der Waals surface area contributed by atoms with E-state index in [-0.39, 0.29) is 0 Å². The van der Waals surface area contributed by atoms with Gasteiger partial charge in [0, 0.05) is 30.8 Å². The van der Waals surface area contributed by atoms with Gasteiger partial charge in [0.2, 0.25) is 0 Å². The predicted molar refractivity (Wildman–Crippen MR) is 71.0 cm³/mol. The first kappa shape index (κ1) is 12.8. The Hall–Kier alpha value is -0.650. The van der Waals surface area contributed by atoms with Crippen LogP contribution in [0, 0.1) is 5.92 Å². The molecule has 2 heterocycles. The molecule has 1 aliphatic heterocycles. The molecule has 0 atom stereocenters. The minimum atomic E-state index is 0.665. The summed E-state index contributed by atoms with van der Waals surface area (Å²) in [4.78, 5) is 7.67. The number of hydrogen-bond donors (Lipinski definition) is 1. The van der Waals surface area contributed by atoms with Crippen LogP contribution in [0.2, 0.25) is 0 Å². The number of nitrogen functional groups attached to an aromatic ring is 1. The molecule has 17 heavy (non-hydrogen) atoms. The molecular formula is C12H21N3OS. The van der Waals surface area contributed by atoms with Crippen LogP contribution in [-0.4, -0.2) is 36.7 Å². The molecule has 0 bridgehead atoms. The summed E-state index contributed by atoms with van der Waals surface area (Å²) in [6.07, 6.45) is 5.60. The van der Waals surface area contributed by atoms with Crippen molar-refractivity contribution in [2.75, 3.05) is 32.5 Å². The summed E-state index contributed by atoms with van der Waals surface area (Å²) in [6.45, 7) is 3.99. The number of nitrogens with zero attached hydrogens (tertiary/aromatic N) is 2. The van der Waals surface area contributed by atoms with Crippen LogP contribution >= 0.6 is 11.3 Å². The zero-order valence-corrected chi connectivity index (χ0v) is 11.2. The van der Waals surface area contributed by atoms with Gasteiger partial charge >= 0.3 is 0 Å². The first-order valence-corrected chi connectivity index (χ1v) is 7.02. The van der Waals surface area contributed by atoms with Crippen molar-refractivity contribution in [1.82, 2.24) is 9.88 Å². The Bertz CT molecular complexity index is 336. The van der Waals surface area contributed by atoms with Gasteiger partial charge in [0.05, 0.1) is 0 Å². The fourth-order valence-corrected chi connectivity index (χ4v) is 2.94. The summed E-state index contributed by atoms with van der Waals surface area (Å²) in [7, 11) is 2.16. The Balaban J connectivity index is 1.68. The van der Waals surface area contributed by atoms with Crippen LogP contribution in [0.15, 0.2) is 6.20 Å². The predicted octanol–water partition coefficient (Wildman–Crippen LogP) is 1.97. The topological polar surface area (TPSA) is 51.4 Å². The largest absolute Gasteiger partial charge is 0.381 e. The molecule has 0 amide bonds. The first-order chi connectivity index (χ1) is 8.24. The number of anilines is 1. The highest BCUT2D eigenvalue weighted by Crippen LogP contribution is 2.20. The van der Waals surface area contributed by atoms with E-state index < -0.39 is 0 Å². The molecule has 1 fully saturated rings. The fourth-order valence-electron chi connectivity index (χ4n) is 2.18. The average molecular weight is 255 g/mol. The molecule has 1 aromatic heterocycles. The van der Waals surface area contributed by atoms with Crippen molar-refractivity contribution >= 4 is 16.5 Å². The summed E-state index contributed by atoms with van der Waals surface area (Å²) in [5.41, 5.74) is 5.62. The lowest BCUT2D eigenvalue weighted by molar-refractivity contribution is 0.0608. The molecule has 0 aliphatic carbocycles. The second-order valence-electron chi connectivity index (χ2n) is 4.75. The van der Waals surface area contributed by atoms with E-state index in [1.54, 1.807) is 11.3 Å². The van der Waals surface area contributed by atoms with Crippen LogP contribution in [0.5, 0.6) is 0 Å². The van der Waals surface area contributed by atoms with Crippen molar-refractivity contribution in [3.05, 3.63) is 11.1 Å². The lowest BCUT2D eigenvalue weighted by atomic mass is 9.96. The van der Waals surface area contributed by atoms with Gasteiger partial charge in [-0.3, -0.25) is 0 Å². The Morgan fingerprint density at radius 3 is 2.94 bits per heavy atom. The number of aromatic nitrogens is 1. The Morgan fingerprint density at radius 2 is 2.29 bits per heavy atom. The Labute approximate surface area is 107 Å². The second kappa shape index (κ2) is 6.33. The van der Waals surface area contributed by atoms with Crippen LogP contribution in [0.25, 0.3) is 0 Å². The second-order valence-corrected chi connectivity index (χ2v) is 5.89. The quantitative estimate of drug-likeness (QED) is 0.874. The highest BCUT2D eigenvalue weighted by atomic mass is 32.1. The van der Waals surface area contributed by atoms with E-state index >= 15 is 0 Å². The summed E-state index contributed by atoms with van der Waals surface area (Å²) in [5, 5.41) is 0.665. The number of ether oxygens (including phenoxy) is 1. The molecule has 0 spiro atoms. The van der Waals surface area contributed by atoms with E-state index in [1.165, 1.54) is 24.1 Å². The summed E-state index contributed by atoms with van der Waals surface area (Å²) >= 11 is 1.58. The average Bonchev–Trinajstić information content (AvgIpc) is 2.73. The molecular weight excluding hydrogens is 234 g/mol. The van der Waals surface area contributed by atoms with E-state index in [0.29, 0.717) is 5.13 Å². The summed E-state index contributed by atoms with van der Waals surface area (Å²) in [5.74, 6) is 0.845. The molecule has 0 saturated carbocycles. The van der Waals surface area contributed by atoms with Crippen molar-refractivity contribution in [2.45, 2.75) is 25.8 Å². The zero-order chi connectivity index (χ0) is 12.1. The van der Waals surface area contributed by atoms with Gasteiger partial charge in [-0.2, -0.15) is 0 Å². The van der Waals surface area contributed by atoms with Gasteiger partial charge < -0.3 is 15.4 Å². The van der Waals surface area contributed by atoms with Crippen molar-refractivity contribution in [3.63, 3.8) is 0 Å². The summed E-state index contributed by atoms with van der Waals surface area (Å²) < 4.78 is 5.37.